The van der Waals surface area contributed by atoms with Gasteiger partial charge in [-0.05, 0) is 104 Å². The number of nitriles is 1. The van der Waals surface area contributed by atoms with Gasteiger partial charge in [-0.15, -0.1) is 0 Å². The summed E-state index contributed by atoms with van der Waals surface area (Å²) in [5, 5.41) is 16.8. The van der Waals surface area contributed by atoms with Gasteiger partial charge in [0.25, 0.3) is 0 Å². The van der Waals surface area contributed by atoms with E-state index < -0.39 is 0 Å². The summed E-state index contributed by atoms with van der Waals surface area (Å²) in [6.07, 6.45) is 0.531. The first-order chi connectivity index (χ1) is 18.4. The van der Waals surface area contributed by atoms with Gasteiger partial charge in [-0.1, -0.05) is 73.2 Å². The minimum Gasteiger partial charge on any atom is -0.207 e. The van der Waals surface area contributed by atoms with Crippen molar-refractivity contribution in [1.82, 2.24) is 0 Å². The first-order valence-electron chi connectivity index (χ1n) is 12.8. The van der Waals surface area contributed by atoms with Gasteiger partial charge in [0, 0.05) is 11.1 Å². The van der Waals surface area contributed by atoms with Gasteiger partial charge in [0.1, 0.15) is 11.6 Å². The number of halogens is 2. The molecular formula is C35H25F2N. The van der Waals surface area contributed by atoms with E-state index in [0.29, 0.717) is 17.6 Å². The average molecular weight is 498 g/mol. The standard InChI is InChI=1S/C35H25F2N/c1-4-22(19-38)31-32(23-10-13-25(36)14-11-23)35-28-15-9-20(2)17-29(28)26-7-5-6-8-27(26)34(35)33(31)24-12-16-30(37)21(3)18-24/h5-18H,4H2,1-3H3/b31-22-. The molecule has 0 saturated carbocycles. The molecule has 0 fully saturated rings. The molecule has 0 unspecified atom stereocenters. The predicted octanol–water partition coefficient (Wildman–Crippen LogP) is 7.53. The number of rotatable bonds is 3. The summed E-state index contributed by atoms with van der Waals surface area (Å²) in [4.78, 5) is 0. The summed E-state index contributed by atoms with van der Waals surface area (Å²) >= 11 is 0. The SMILES string of the molecule is CC/C(C#N)=C1/C(c2ccc(F)c(C)c2)=c2c(c3ccc(C)cc3c3ccccc23)=C1c1ccc(F)cc1. The van der Waals surface area contributed by atoms with Crippen molar-refractivity contribution in [3.63, 3.8) is 0 Å². The lowest BCUT2D eigenvalue weighted by molar-refractivity contribution is 0.618. The van der Waals surface area contributed by atoms with Crippen LogP contribution in [0.5, 0.6) is 0 Å². The molecule has 0 N–H and O–H groups in total. The first kappa shape index (κ1) is 23.8. The number of nitrogens with zero attached hydrogens (tertiary/aromatic N) is 1. The molecule has 38 heavy (non-hydrogen) atoms. The van der Waals surface area contributed by atoms with E-state index in [0.717, 1.165) is 65.4 Å². The summed E-state index contributed by atoms with van der Waals surface area (Å²) in [6, 6.07) is 28.9. The van der Waals surface area contributed by atoms with Gasteiger partial charge in [0.2, 0.25) is 0 Å². The normalized spacial score (nSPS) is 14.2. The Morgan fingerprint density at radius 3 is 2.00 bits per heavy atom. The molecule has 0 spiro atoms. The van der Waals surface area contributed by atoms with Gasteiger partial charge in [0.15, 0.2) is 0 Å². The maximum absolute atomic E-state index is 14.4. The second kappa shape index (κ2) is 9.08. The quantitative estimate of drug-likeness (QED) is 0.187. The molecular weight excluding hydrogens is 472 g/mol. The van der Waals surface area contributed by atoms with E-state index in [1.54, 1.807) is 25.1 Å². The molecule has 0 aromatic heterocycles. The maximum Gasteiger partial charge on any atom is 0.126 e. The van der Waals surface area contributed by atoms with Gasteiger partial charge < -0.3 is 0 Å². The van der Waals surface area contributed by atoms with Gasteiger partial charge in [-0.3, -0.25) is 0 Å². The van der Waals surface area contributed by atoms with Crippen molar-refractivity contribution in [3.8, 4) is 6.07 Å². The minimum absolute atomic E-state index is 0.268. The molecule has 6 rings (SSSR count). The molecule has 0 radical (unpaired) electrons. The molecule has 3 heteroatoms. The minimum atomic E-state index is -0.313. The zero-order chi connectivity index (χ0) is 26.6. The zero-order valence-corrected chi connectivity index (χ0v) is 21.5. The highest BCUT2D eigenvalue weighted by atomic mass is 19.1. The first-order valence-corrected chi connectivity index (χ1v) is 12.8. The van der Waals surface area contributed by atoms with Gasteiger partial charge in [-0.2, -0.15) is 5.26 Å². The Kier molecular flexibility index (Phi) is 5.69. The Labute approximate surface area is 220 Å². The Balaban J connectivity index is 2.00. The second-order valence-electron chi connectivity index (χ2n) is 9.88. The van der Waals surface area contributed by atoms with Crippen LogP contribution in [0.1, 0.15) is 35.6 Å². The van der Waals surface area contributed by atoms with Crippen molar-refractivity contribution < 1.29 is 8.78 Å². The number of aryl methyl sites for hydroxylation is 2. The van der Waals surface area contributed by atoms with Gasteiger partial charge in [0.05, 0.1) is 6.07 Å². The monoisotopic (exact) mass is 497 g/mol. The van der Waals surface area contributed by atoms with Crippen LogP contribution < -0.4 is 10.4 Å². The van der Waals surface area contributed by atoms with E-state index in [1.807, 2.05) is 25.1 Å². The zero-order valence-electron chi connectivity index (χ0n) is 21.5. The van der Waals surface area contributed by atoms with E-state index >= 15 is 0 Å². The highest BCUT2D eigenvalue weighted by Gasteiger charge is 2.28. The van der Waals surface area contributed by atoms with Crippen LogP contribution in [0.3, 0.4) is 0 Å². The summed E-state index contributed by atoms with van der Waals surface area (Å²) in [7, 11) is 0. The lowest BCUT2D eigenvalue weighted by atomic mass is 9.87. The van der Waals surface area contributed by atoms with Crippen molar-refractivity contribution in [1.29, 1.82) is 5.26 Å². The van der Waals surface area contributed by atoms with Crippen molar-refractivity contribution in [2.75, 3.05) is 0 Å². The fourth-order valence-corrected chi connectivity index (χ4v) is 5.81. The number of allylic oxidation sites excluding steroid dienone is 2. The van der Waals surface area contributed by atoms with E-state index in [4.69, 9.17) is 0 Å². The maximum atomic E-state index is 14.4. The van der Waals surface area contributed by atoms with E-state index in [1.165, 1.54) is 18.2 Å². The smallest absolute Gasteiger partial charge is 0.126 e. The molecule has 1 nitrogen and oxygen atoms in total. The predicted molar refractivity (Wildman–Crippen MR) is 151 cm³/mol. The molecule has 0 heterocycles. The van der Waals surface area contributed by atoms with Crippen LogP contribution in [0.2, 0.25) is 0 Å². The summed E-state index contributed by atoms with van der Waals surface area (Å²) in [6.45, 7) is 5.82. The van der Waals surface area contributed by atoms with Crippen LogP contribution in [0, 0.1) is 36.8 Å². The summed E-state index contributed by atoms with van der Waals surface area (Å²) in [5.41, 5.74) is 6.70. The number of fused-ring (bicyclic) bond motifs is 6. The topological polar surface area (TPSA) is 23.8 Å². The lowest BCUT2D eigenvalue weighted by Gasteiger charge is -2.15. The Morgan fingerprint density at radius 2 is 1.34 bits per heavy atom. The molecule has 0 aliphatic heterocycles. The summed E-state index contributed by atoms with van der Waals surface area (Å²) < 4.78 is 28.5. The molecule has 0 saturated heterocycles. The van der Waals surface area contributed by atoms with Crippen LogP contribution in [0.15, 0.2) is 96.1 Å². The lowest BCUT2D eigenvalue weighted by Crippen LogP contribution is -2.27. The van der Waals surface area contributed by atoms with Gasteiger partial charge in [-0.25, -0.2) is 8.78 Å². The van der Waals surface area contributed by atoms with Crippen molar-refractivity contribution in [2.45, 2.75) is 27.2 Å². The highest BCUT2D eigenvalue weighted by molar-refractivity contribution is 6.15. The van der Waals surface area contributed by atoms with Crippen LogP contribution in [-0.2, 0) is 0 Å². The van der Waals surface area contributed by atoms with Crippen LogP contribution in [-0.4, -0.2) is 0 Å². The highest BCUT2D eigenvalue weighted by Crippen LogP contribution is 2.39. The second-order valence-corrected chi connectivity index (χ2v) is 9.88. The largest absolute Gasteiger partial charge is 0.207 e. The molecule has 5 aromatic rings. The Bertz CT molecular complexity index is 1990. The van der Waals surface area contributed by atoms with E-state index in [-0.39, 0.29) is 11.6 Å². The van der Waals surface area contributed by atoms with Crippen molar-refractivity contribution in [3.05, 3.63) is 140 Å². The average Bonchev–Trinajstić information content (AvgIpc) is 3.27. The number of hydrogen-bond donors (Lipinski definition) is 0. The molecule has 0 amide bonds. The number of benzene rings is 5. The Hall–Kier alpha value is -4.55. The fraction of sp³-hybridized carbons (Fsp3) is 0.114. The molecule has 1 aliphatic rings. The molecule has 5 aromatic carbocycles. The third-order valence-electron chi connectivity index (χ3n) is 7.55. The Morgan fingerprint density at radius 1 is 0.711 bits per heavy atom. The molecule has 0 bridgehead atoms. The van der Waals surface area contributed by atoms with Crippen LogP contribution >= 0.6 is 0 Å². The third-order valence-corrected chi connectivity index (χ3v) is 7.55. The summed E-state index contributed by atoms with van der Waals surface area (Å²) in [5.74, 6) is -0.581. The van der Waals surface area contributed by atoms with Crippen LogP contribution in [0.4, 0.5) is 8.78 Å². The third kappa shape index (κ3) is 3.56. The van der Waals surface area contributed by atoms with E-state index in [2.05, 4.69) is 43.3 Å². The molecule has 1 aliphatic carbocycles. The van der Waals surface area contributed by atoms with Crippen molar-refractivity contribution in [2.24, 2.45) is 0 Å². The number of hydrogen-bond acceptors (Lipinski definition) is 1. The molecule has 184 valence electrons. The fourth-order valence-electron chi connectivity index (χ4n) is 5.81. The van der Waals surface area contributed by atoms with Crippen molar-refractivity contribution >= 4 is 32.7 Å². The van der Waals surface area contributed by atoms with Crippen LogP contribution in [0.25, 0.3) is 32.7 Å². The van der Waals surface area contributed by atoms with Gasteiger partial charge >= 0.3 is 0 Å². The van der Waals surface area contributed by atoms with E-state index in [9.17, 15) is 14.0 Å². The molecule has 0 atom stereocenters.